The van der Waals surface area contributed by atoms with Crippen LogP contribution >= 0.6 is 0 Å². The van der Waals surface area contributed by atoms with Crippen LogP contribution in [0.4, 0.5) is 5.82 Å². The fourth-order valence-corrected chi connectivity index (χ4v) is 2.95. The predicted molar refractivity (Wildman–Crippen MR) is 85.2 cm³/mol. The number of Topliss-reactive ketones (excluding diaryl/α,β-unsaturated/α-hetero) is 1. The second kappa shape index (κ2) is 6.48. The first-order valence-electron chi connectivity index (χ1n) is 7.70. The van der Waals surface area contributed by atoms with E-state index in [2.05, 4.69) is 4.90 Å². The molecule has 0 unspecified atom stereocenters. The van der Waals surface area contributed by atoms with Crippen LogP contribution in [0.2, 0.25) is 0 Å². The summed E-state index contributed by atoms with van der Waals surface area (Å²) in [7, 11) is 2.82. The molecule has 122 valence electrons. The largest absolute Gasteiger partial charge is 0.384 e. The van der Waals surface area contributed by atoms with E-state index in [4.69, 9.17) is 5.73 Å². The summed E-state index contributed by atoms with van der Waals surface area (Å²) in [5, 5.41) is 0. The number of rotatable bonds is 3. The smallest absolute Gasteiger partial charge is 0.332 e. The summed E-state index contributed by atoms with van der Waals surface area (Å²) >= 11 is 0. The molecule has 1 atom stereocenters. The number of hydrogen-bond acceptors (Lipinski definition) is 5. The first-order valence-corrected chi connectivity index (χ1v) is 7.70. The van der Waals surface area contributed by atoms with Crippen LogP contribution in [0.3, 0.4) is 0 Å². The number of ketones is 1. The Morgan fingerprint density at radius 2 is 1.59 bits per heavy atom. The van der Waals surface area contributed by atoms with E-state index in [0.29, 0.717) is 0 Å². The Hall–Kier alpha value is -1.89. The molecule has 2 rings (SSSR count). The van der Waals surface area contributed by atoms with Crippen LogP contribution in [0.5, 0.6) is 0 Å². The Balaban J connectivity index is 2.41. The summed E-state index contributed by atoms with van der Waals surface area (Å²) in [6.45, 7) is 3.50. The van der Waals surface area contributed by atoms with Gasteiger partial charge in [-0.1, -0.05) is 12.8 Å². The molecule has 0 bridgehead atoms. The van der Waals surface area contributed by atoms with E-state index in [1.54, 1.807) is 6.92 Å². The van der Waals surface area contributed by atoms with E-state index in [1.165, 1.54) is 26.9 Å². The lowest BCUT2D eigenvalue weighted by molar-refractivity contribution is 0.0840. The third-order valence-corrected chi connectivity index (χ3v) is 4.52. The number of anilines is 1. The molecule has 0 saturated carbocycles. The molecule has 1 aliphatic heterocycles. The molecule has 7 heteroatoms. The molecule has 0 radical (unpaired) electrons. The fraction of sp³-hybridized carbons (Fsp3) is 0.667. The third kappa shape index (κ3) is 2.85. The summed E-state index contributed by atoms with van der Waals surface area (Å²) in [5.41, 5.74) is 4.64. The van der Waals surface area contributed by atoms with Gasteiger partial charge in [0.05, 0.1) is 6.04 Å². The van der Waals surface area contributed by atoms with E-state index >= 15 is 0 Å². The number of hydrogen-bond donors (Lipinski definition) is 1. The van der Waals surface area contributed by atoms with Gasteiger partial charge in [0.15, 0.2) is 5.78 Å². The SMILES string of the molecule is C[C@H](C(=O)c1c(N)n(C)c(=O)n(C)c1=O)N1CCCCCC1. The van der Waals surface area contributed by atoms with E-state index in [-0.39, 0.29) is 17.2 Å². The van der Waals surface area contributed by atoms with Crippen molar-refractivity contribution in [2.45, 2.75) is 38.6 Å². The zero-order valence-corrected chi connectivity index (χ0v) is 13.5. The highest BCUT2D eigenvalue weighted by Gasteiger charge is 2.28. The average molecular weight is 308 g/mol. The van der Waals surface area contributed by atoms with Gasteiger partial charge in [-0.3, -0.25) is 23.6 Å². The van der Waals surface area contributed by atoms with Crippen molar-refractivity contribution in [3.05, 3.63) is 26.4 Å². The molecule has 7 nitrogen and oxygen atoms in total. The van der Waals surface area contributed by atoms with Gasteiger partial charge < -0.3 is 5.73 Å². The van der Waals surface area contributed by atoms with Gasteiger partial charge in [0.1, 0.15) is 11.4 Å². The fourth-order valence-electron chi connectivity index (χ4n) is 2.95. The van der Waals surface area contributed by atoms with E-state index in [0.717, 1.165) is 35.1 Å². The quantitative estimate of drug-likeness (QED) is 0.801. The molecule has 0 amide bonds. The number of carbonyl (C=O) groups is 1. The average Bonchev–Trinajstić information content (AvgIpc) is 2.79. The molecule has 1 aliphatic rings. The molecule has 22 heavy (non-hydrogen) atoms. The molecule has 1 aromatic heterocycles. The molecule has 1 aromatic rings. The monoisotopic (exact) mass is 308 g/mol. The highest BCUT2D eigenvalue weighted by molar-refractivity contribution is 6.03. The highest BCUT2D eigenvalue weighted by atomic mass is 16.2. The number of nitrogen functional groups attached to an aromatic ring is 1. The lowest BCUT2D eigenvalue weighted by Gasteiger charge is -2.26. The van der Waals surface area contributed by atoms with Crippen molar-refractivity contribution in [3.8, 4) is 0 Å². The van der Waals surface area contributed by atoms with Crippen molar-refractivity contribution in [1.29, 1.82) is 0 Å². The number of nitrogens with two attached hydrogens (primary N) is 1. The summed E-state index contributed by atoms with van der Waals surface area (Å²) in [6.07, 6.45) is 4.44. The lowest BCUT2D eigenvalue weighted by atomic mass is 10.1. The normalized spacial score (nSPS) is 18.0. The van der Waals surface area contributed by atoms with Crippen LogP contribution in [-0.4, -0.2) is 38.9 Å². The molecule has 0 aromatic carbocycles. The Morgan fingerprint density at radius 1 is 1.05 bits per heavy atom. The summed E-state index contributed by atoms with van der Waals surface area (Å²) in [5.74, 6) is -0.365. The van der Waals surface area contributed by atoms with Crippen LogP contribution in [0.15, 0.2) is 9.59 Å². The van der Waals surface area contributed by atoms with E-state index < -0.39 is 17.3 Å². The number of carbonyl (C=O) groups excluding carboxylic acids is 1. The second-order valence-electron chi connectivity index (χ2n) is 5.96. The molecular formula is C15H24N4O3. The Kier molecular flexibility index (Phi) is 4.85. The minimum atomic E-state index is -0.618. The first kappa shape index (κ1) is 16.5. The van der Waals surface area contributed by atoms with Crippen LogP contribution in [0.25, 0.3) is 0 Å². The van der Waals surface area contributed by atoms with Gasteiger partial charge >= 0.3 is 5.69 Å². The maximum Gasteiger partial charge on any atom is 0.332 e. The Morgan fingerprint density at radius 3 is 2.14 bits per heavy atom. The molecule has 1 saturated heterocycles. The second-order valence-corrected chi connectivity index (χ2v) is 5.96. The number of likely N-dealkylation sites (tertiary alicyclic amines) is 1. The van der Waals surface area contributed by atoms with Gasteiger partial charge in [0, 0.05) is 14.1 Å². The van der Waals surface area contributed by atoms with Crippen molar-refractivity contribution < 1.29 is 4.79 Å². The minimum absolute atomic E-state index is 0.0558. The van der Waals surface area contributed by atoms with Gasteiger partial charge in [-0.25, -0.2) is 4.79 Å². The summed E-state index contributed by atoms with van der Waals surface area (Å²) < 4.78 is 2.07. The van der Waals surface area contributed by atoms with Crippen molar-refractivity contribution in [2.24, 2.45) is 14.1 Å². The molecule has 2 N–H and O–H groups in total. The van der Waals surface area contributed by atoms with Gasteiger partial charge in [0.25, 0.3) is 5.56 Å². The first-order chi connectivity index (χ1) is 10.4. The van der Waals surface area contributed by atoms with Crippen molar-refractivity contribution in [1.82, 2.24) is 14.0 Å². The predicted octanol–water partition coefficient (Wildman–Crippen LogP) is 0.113. The van der Waals surface area contributed by atoms with E-state index in [1.807, 2.05) is 0 Å². The highest BCUT2D eigenvalue weighted by Crippen LogP contribution is 2.16. The lowest BCUT2D eigenvalue weighted by Crippen LogP contribution is -2.46. The zero-order valence-electron chi connectivity index (χ0n) is 13.5. The molecule has 0 spiro atoms. The molecule has 2 heterocycles. The van der Waals surface area contributed by atoms with Gasteiger partial charge in [-0.2, -0.15) is 0 Å². The van der Waals surface area contributed by atoms with Crippen LogP contribution in [-0.2, 0) is 14.1 Å². The van der Waals surface area contributed by atoms with Crippen molar-refractivity contribution >= 4 is 11.6 Å². The Bertz CT molecular complexity index is 681. The Labute approximate surface area is 129 Å². The minimum Gasteiger partial charge on any atom is -0.384 e. The number of nitrogens with zero attached hydrogens (tertiary/aromatic N) is 3. The van der Waals surface area contributed by atoms with Gasteiger partial charge in [-0.05, 0) is 32.9 Å². The standard InChI is InChI=1S/C15H24N4O3/c1-10(19-8-6-4-5-7-9-19)12(20)11-13(16)17(2)15(22)18(3)14(11)21/h10H,4-9,16H2,1-3H3/t10-/m1/s1. The van der Waals surface area contributed by atoms with Crippen molar-refractivity contribution in [2.75, 3.05) is 18.8 Å². The maximum absolute atomic E-state index is 12.8. The van der Waals surface area contributed by atoms with Gasteiger partial charge in [0.2, 0.25) is 0 Å². The summed E-state index contributed by atoms with van der Waals surface area (Å²) in [6, 6.07) is -0.411. The van der Waals surface area contributed by atoms with Crippen LogP contribution < -0.4 is 17.0 Å². The summed E-state index contributed by atoms with van der Waals surface area (Å²) in [4.78, 5) is 39.0. The maximum atomic E-state index is 12.8. The molecular weight excluding hydrogens is 284 g/mol. The van der Waals surface area contributed by atoms with Crippen molar-refractivity contribution in [3.63, 3.8) is 0 Å². The number of aromatic nitrogens is 2. The van der Waals surface area contributed by atoms with Crippen LogP contribution in [0, 0.1) is 0 Å². The molecule has 0 aliphatic carbocycles. The topological polar surface area (TPSA) is 90.3 Å². The molecule has 1 fully saturated rings. The third-order valence-electron chi connectivity index (χ3n) is 4.52. The van der Waals surface area contributed by atoms with Gasteiger partial charge in [-0.15, -0.1) is 0 Å². The van der Waals surface area contributed by atoms with E-state index in [9.17, 15) is 14.4 Å². The zero-order chi connectivity index (χ0) is 16.4. The van der Waals surface area contributed by atoms with Crippen LogP contribution in [0.1, 0.15) is 43.0 Å².